The van der Waals surface area contributed by atoms with Crippen LogP contribution >= 0.6 is 0 Å². The van der Waals surface area contributed by atoms with Gasteiger partial charge in [0.1, 0.15) is 11.3 Å². The zero-order valence-corrected chi connectivity index (χ0v) is 22.7. The summed E-state index contributed by atoms with van der Waals surface area (Å²) >= 11 is 0. The molecule has 0 fully saturated rings. The average Bonchev–Trinajstić information content (AvgIpc) is 3.96. The fourth-order valence-corrected chi connectivity index (χ4v) is 4.74. The predicted octanol–water partition coefficient (Wildman–Crippen LogP) is 11.8. The summed E-state index contributed by atoms with van der Waals surface area (Å²) in [6.07, 6.45) is 0. The second-order valence-electron chi connectivity index (χ2n) is 9.31. The number of rotatable bonds is 8. The fourth-order valence-electron chi connectivity index (χ4n) is 4.74. The molecule has 0 amide bonds. The van der Waals surface area contributed by atoms with E-state index in [9.17, 15) is 6.85 Å². The lowest BCUT2D eigenvalue weighted by Gasteiger charge is -2.30. The summed E-state index contributed by atoms with van der Waals surface area (Å²) in [5, 5.41) is -0.453. The first-order valence-corrected chi connectivity index (χ1v) is 12.8. The van der Waals surface area contributed by atoms with E-state index in [1.807, 2.05) is 0 Å². The summed E-state index contributed by atoms with van der Waals surface area (Å²) in [4.78, 5) is 0.262. The van der Waals surface area contributed by atoms with Crippen LogP contribution < -0.4 is 4.90 Å². The van der Waals surface area contributed by atoms with Gasteiger partial charge < -0.3 is 9.32 Å². The average molecular weight is 613 g/mol. The third kappa shape index (κ3) is 4.76. The molecule has 2 heteroatoms. The molecule has 0 saturated heterocycles. The third-order valence-electron chi connectivity index (χ3n) is 6.74. The van der Waals surface area contributed by atoms with Crippen LogP contribution in [0.15, 0.2) is 169 Å². The summed E-state index contributed by atoms with van der Waals surface area (Å²) in [5.74, 6) is -0.753. The Balaban J connectivity index is 1.72. The largest absolute Gasteiger partial charge is 0.456 e. The number of benzene rings is 5. The molecule has 2 nitrogen and oxygen atoms in total. The maximum atomic E-state index is 9.89. The first-order chi connectivity index (χ1) is 35.1. The molecule has 5 aromatic carbocycles. The van der Waals surface area contributed by atoms with Crippen LogP contribution in [0.25, 0.3) is 50.2 Å². The Morgan fingerprint density at radius 2 is 1.62 bits per heavy atom. The van der Waals surface area contributed by atoms with Crippen molar-refractivity contribution in [1.29, 1.82) is 0 Å². The second-order valence-corrected chi connectivity index (χ2v) is 9.31. The number of furan rings is 1. The van der Waals surface area contributed by atoms with E-state index in [1.165, 1.54) is 0 Å². The molecule has 0 saturated carbocycles. The van der Waals surface area contributed by atoms with Crippen molar-refractivity contribution in [2.75, 3.05) is 4.90 Å². The van der Waals surface area contributed by atoms with E-state index in [0.29, 0.717) is 0 Å². The molecule has 218 valence electrons. The standard InChI is InChI=1S/C43H35NO/c1-6-15-33(7-2)44(34-24-25-37-36-19-13-14-21-39(36)43(4,5)40(37)28-34)29(3)35-18-11-12-20-38(35)42-27-32-23-22-31(26-41(32)45-42)30-16-9-8-10-17-30/h6-28H,1-3H2,4-5H3/b33-15+/i1D,2D,3D,4D3,5D3,6D,7D,8D,9D,10D,11D,12D,13D,14D,15D,16D,17D,18D,19D,20D,21D,22D,23D,24D,25D,26D,28D/b6-1?,7-2?,29-3?,33-15+. The lowest BCUT2D eigenvalue weighted by Crippen LogP contribution is -2.21. The highest BCUT2D eigenvalue weighted by molar-refractivity contribution is 5.93. The van der Waals surface area contributed by atoms with Gasteiger partial charge in [-0.2, -0.15) is 0 Å². The number of nitrogens with zero attached hydrogens (tertiary/aromatic N) is 1. The number of anilines is 1. The van der Waals surface area contributed by atoms with E-state index in [4.69, 9.17) is 40.1 Å². The van der Waals surface area contributed by atoms with Crippen LogP contribution in [0.3, 0.4) is 0 Å². The Kier molecular flexibility index (Phi) is 2.47. The van der Waals surface area contributed by atoms with Crippen LogP contribution in [0.2, 0.25) is 0 Å². The SMILES string of the molecule is [2H]C=C([2H])/C([2H])=C(\C([2H])=C[2H])N(C(=C[2H])c1c([2H])c([2H])c([2H])c([2H])c1-c1cc2c([2H])c([2H])c(-c3c([2H])c([2H])c([2H])c([2H])c3[2H])c([2H])c2o1)c1c([2H])c([2H])c2c(c1[2H])C(C([2H])([2H])[2H])(C([2H])([2H])[2H])c1c([2H])c([2H])c([2H])c([2H])c1-2. The van der Waals surface area contributed by atoms with Gasteiger partial charge in [-0.15, -0.1) is 0 Å². The highest BCUT2D eigenvalue weighted by atomic mass is 16.3. The Hall–Kier alpha value is -5.60. The summed E-state index contributed by atoms with van der Waals surface area (Å²) in [5.41, 5.74) is -15.6. The molecule has 6 aromatic rings. The van der Waals surface area contributed by atoms with Gasteiger partial charge in [0.25, 0.3) is 0 Å². The van der Waals surface area contributed by atoms with Crippen LogP contribution in [0.1, 0.15) is 72.9 Å². The van der Waals surface area contributed by atoms with Gasteiger partial charge in [0.15, 0.2) is 0 Å². The van der Waals surface area contributed by atoms with Crippen LogP contribution in [-0.4, -0.2) is 0 Å². The zero-order valence-electron chi connectivity index (χ0n) is 53.7. The highest BCUT2D eigenvalue weighted by Gasteiger charge is 2.36. The second kappa shape index (κ2) is 11.2. The van der Waals surface area contributed by atoms with Crippen molar-refractivity contribution >= 4 is 22.4 Å². The fraction of sp³-hybridized carbons (Fsp3) is 0.0698. The highest BCUT2D eigenvalue weighted by Crippen LogP contribution is 2.50. The smallest absolute Gasteiger partial charge is 0.136 e. The zero-order chi connectivity index (χ0) is 57.4. The number of allylic oxidation sites excluding steroid dienone is 3. The van der Waals surface area contributed by atoms with E-state index in [-0.39, 0.29) is 24.6 Å². The summed E-state index contributed by atoms with van der Waals surface area (Å²) in [6.45, 7) is -7.28. The molecule has 0 atom stereocenters. The molecule has 0 unspecified atom stereocenters. The lowest BCUT2D eigenvalue weighted by molar-refractivity contribution is 0.631. The number of hydrogen-bond donors (Lipinski definition) is 0. The Morgan fingerprint density at radius 3 is 2.44 bits per heavy atom. The van der Waals surface area contributed by atoms with Crippen molar-refractivity contribution in [2.45, 2.75) is 19.1 Å². The normalized spacial score (nSPS) is 25.2. The van der Waals surface area contributed by atoms with Crippen molar-refractivity contribution in [3.63, 3.8) is 0 Å². The molecule has 1 aliphatic rings. The van der Waals surface area contributed by atoms with Crippen molar-refractivity contribution in [3.8, 4) is 33.6 Å². The minimum atomic E-state index is -3.97. The van der Waals surface area contributed by atoms with E-state index in [0.717, 1.165) is 6.07 Å². The molecular weight excluding hydrogens is 546 g/mol. The first kappa shape index (κ1) is 9.95. The van der Waals surface area contributed by atoms with Crippen LogP contribution in [-0.2, 0) is 5.41 Å². The molecule has 1 heterocycles. The maximum absolute atomic E-state index is 9.89. The van der Waals surface area contributed by atoms with Gasteiger partial charge >= 0.3 is 0 Å². The molecule has 1 aromatic heterocycles. The lowest BCUT2D eigenvalue weighted by atomic mass is 9.82. The molecule has 7 rings (SSSR count). The van der Waals surface area contributed by atoms with Gasteiger partial charge in [0, 0.05) is 47.2 Å². The maximum Gasteiger partial charge on any atom is 0.136 e. The number of hydrogen-bond acceptors (Lipinski definition) is 2. The molecular formula is C43H35NO. The topological polar surface area (TPSA) is 16.4 Å². The first-order valence-electron chi connectivity index (χ1n) is 28.5. The minimum Gasteiger partial charge on any atom is -0.456 e. The summed E-state index contributed by atoms with van der Waals surface area (Å²) < 4.78 is 279. The van der Waals surface area contributed by atoms with E-state index in [2.05, 4.69) is 0 Å². The molecule has 45 heavy (non-hydrogen) atoms. The van der Waals surface area contributed by atoms with Crippen LogP contribution in [0.5, 0.6) is 0 Å². The van der Waals surface area contributed by atoms with E-state index in [1.54, 1.807) is 0 Å². The molecule has 0 aliphatic heterocycles. The van der Waals surface area contributed by atoms with Crippen LogP contribution in [0, 0.1) is 0 Å². The predicted molar refractivity (Wildman–Crippen MR) is 191 cm³/mol. The molecule has 0 N–H and O–H groups in total. The van der Waals surface area contributed by atoms with Crippen molar-refractivity contribution in [3.05, 3.63) is 181 Å². The van der Waals surface area contributed by atoms with Gasteiger partial charge in [-0.3, -0.25) is 0 Å². The Morgan fingerprint density at radius 1 is 0.822 bits per heavy atom. The Bertz CT molecular complexity index is 3640. The third-order valence-corrected chi connectivity index (χ3v) is 6.74. The molecule has 0 bridgehead atoms. The van der Waals surface area contributed by atoms with E-state index >= 15 is 0 Å². The summed E-state index contributed by atoms with van der Waals surface area (Å²) in [7, 11) is 0. The van der Waals surface area contributed by atoms with Crippen LogP contribution in [0.4, 0.5) is 5.69 Å². The minimum absolute atomic E-state index is 0.199. The van der Waals surface area contributed by atoms with Gasteiger partial charge in [0.05, 0.1) is 34.3 Å². The Labute approximate surface area is 309 Å². The van der Waals surface area contributed by atoms with Gasteiger partial charge in [-0.1, -0.05) is 136 Å². The monoisotopic (exact) mass is 612 g/mol. The molecule has 1 aliphatic carbocycles. The molecule has 0 radical (unpaired) electrons. The van der Waals surface area contributed by atoms with Crippen molar-refractivity contribution in [1.82, 2.24) is 0 Å². The van der Waals surface area contributed by atoms with Gasteiger partial charge in [-0.05, 0) is 69.7 Å². The summed E-state index contributed by atoms with van der Waals surface area (Å²) in [6, 6.07) is -22.6. The van der Waals surface area contributed by atoms with Crippen molar-refractivity contribution < 1.29 is 46.9 Å². The quantitative estimate of drug-likeness (QED) is 0.159. The van der Waals surface area contributed by atoms with Crippen molar-refractivity contribution in [2.24, 2.45) is 0 Å². The van der Waals surface area contributed by atoms with Gasteiger partial charge in [-0.25, -0.2) is 0 Å². The van der Waals surface area contributed by atoms with Gasteiger partial charge in [0.2, 0.25) is 0 Å². The number of fused-ring (bicyclic) bond motifs is 4. The molecule has 0 spiro atoms. The van der Waals surface area contributed by atoms with E-state index < -0.39 is 230 Å².